The van der Waals surface area contributed by atoms with Crippen molar-refractivity contribution in [3.8, 4) is 57.1 Å². The van der Waals surface area contributed by atoms with Gasteiger partial charge in [0.25, 0.3) is 0 Å². The summed E-state index contributed by atoms with van der Waals surface area (Å²) in [7, 11) is 3.23. The molecule has 8 aromatic carbocycles. The first-order valence-corrected chi connectivity index (χ1v) is 22.1. The van der Waals surface area contributed by atoms with Gasteiger partial charge in [0.05, 0.1) is 36.6 Å². The third-order valence-corrected chi connectivity index (χ3v) is 12.8. The number of methoxy groups -OCH3 is 2. The molecule has 0 aromatic heterocycles. The predicted octanol–water partition coefficient (Wildman–Crippen LogP) is 14.7. The summed E-state index contributed by atoms with van der Waals surface area (Å²) < 4.78 is 312. The molecule has 412 valence electrons. The van der Waals surface area contributed by atoms with Crippen LogP contribution < -0.4 is 28.8 Å². The quantitative estimate of drug-likeness (QED) is 0.0492. The first-order chi connectivity index (χ1) is 37.3. The Labute approximate surface area is 430 Å². The molecule has 79 heavy (non-hydrogen) atoms. The highest BCUT2D eigenvalue weighted by Gasteiger charge is 2.39. The number of carbonyl (C=O) groups is 1. The molecule has 8 aromatic rings. The van der Waals surface area contributed by atoms with Crippen LogP contribution in [0.25, 0.3) is 11.1 Å². The predicted molar refractivity (Wildman–Crippen MR) is 230 cm³/mol. The highest BCUT2D eigenvalue weighted by atomic mass is 32.2. The van der Waals surface area contributed by atoms with Crippen LogP contribution in [0.2, 0.25) is 0 Å². The van der Waals surface area contributed by atoms with Gasteiger partial charge in [0.2, 0.25) is 116 Å². The maximum Gasteiger partial charge on any atom is 0.213 e. The number of benzene rings is 8. The lowest BCUT2D eigenvalue weighted by molar-refractivity contribution is -0.255. The van der Waals surface area contributed by atoms with Crippen molar-refractivity contribution in [3.05, 3.63) is 207 Å². The third-order valence-electron chi connectivity index (χ3n) is 10.6. The lowest BCUT2D eigenvalue weighted by Crippen LogP contribution is -2.24. The third kappa shape index (κ3) is 10.7. The normalized spacial score (nSPS) is 11.1. The fourth-order valence-corrected chi connectivity index (χ4v) is 8.91. The van der Waals surface area contributed by atoms with E-state index in [2.05, 4.69) is 62.7 Å². The molecule has 8 rings (SSSR count). The molecule has 0 amide bonds. The minimum atomic E-state index is -3.17. The Morgan fingerprint density at radius 1 is 0.342 bits per heavy atom. The van der Waals surface area contributed by atoms with Crippen molar-refractivity contribution in [3.63, 3.8) is 0 Å². The van der Waals surface area contributed by atoms with E-state index in [9.17, 15) is 88.9 Å². The summed E-state index contributed by atoms with van der Waals surface area (Å²) in [6.45, 7) is 0. The highest BCUT2D eigenvalue weighted by Crippen LogP contribution is 2.55. The molecule has 0 atom stereocenters. The standard InChI is InChI=1S/C31H2F20O5.C20H19O2S/c32-6-5(7(33)9(35)10(36)8(6)34)4-2(31(52)53)1-3(54-28-20(46)14(40)11(37)15(41)21(28)47)26(55-29-22(48)16(42)12(38)17(43)23(29)49)27(4)56-30-24(50)18(44)13(39)19(45)25(30)51;1-21-16-8-12-19(13-9-16)23(18-6-4-3-5-7-18)20-14-10-17(22-2)11-15-20/h1H,(H,52,53);3-15H,1-2H3/q;+1/p-1. The highest BCUT2D eigenvalue weighted by molar-refractivity contribution is 7.97. The van der Waals surface area contributed by atoms with Gasteiger partial charge < -0.3 is 33.6 Å². The Morgan fingerprint density at radius 3 is 0.962 bits per heavy atom. The molecular weight excluding hydrogens is 1140 g/mol. The minimum absolute atomic E-state index is 0.146. The van der Waals surface area contributed by atoms with E-state index in [1.807, 2.05) is 30.3 Å². The average molecular weight is 1160 g/mol. The number of rotatable bonds is 13. The Balaban J connectivity index is 0.000000325. The number of carboxylic acids is 1. The fourth-order valence-electron chi connectivity index (χ4n) is 6.85. The number of carbonyl (C=O) groups excluding carboxylic acids is 1. The summed E-state index contributed by atoms with van der Waals surface area (Å²) in [4.78, 5) is 16.1. The van der Waals surface area contributed by atoms with Crippen molar-refractivity contribution < 1.29 is 121 Å². The maximum atomic E-state index is 15.2. The number of hydrogen-bond donors (Lipinski definition) is 0. The van der Waals surface area contributed by atoms with Crippen LogP contribution in [0.3, 0.4) is 0 Å². The van der Waals surface area contributed by atoms with E-state index in [4.69, 9.17) is 9.47 Å². The van der Waals surface area contributed by atoms with Crippen LogP contribution in [-0.4, -0.2) is 20.2 Å². The van der Waals surface area contributed by atoms with E-state index in [1.54, 1.807) is 14.2 Å². The summed E-state index contributed by atoms with van der Waals surface area (Å²) in [6, 6.07) is 26.5. The second kappa shape index (κ2) is 23.0. The maximum absolute atomic E-state index is 15.2. The van der Waals surface area contributed by atoms with Gasteiger partial charge in [0.15, 0.2) is 49.5 Å². The van der Waals surface area contributed by atoms with Crippen LogP contribution in [-0.2, 0) is 10.9 Å². The van der Waals surface area contributed by atoms with E-state index < -0.39 is 180 Å². The van der Waals surface area contributed by atoms with Gasteiger partial charge >= 0.3 is 0 Å². The van der Waals surface area contributed by atoms with Crippen molar-refractivity contribution in [2.24, 2.45) is 0 Å². The molecule has 0 N–H and O–H groups in total. The monoisotopic (exact) mass is 1160 g/mol. The van der Waals surface area contributed by atoms with Crippen LogP contribution in [0.1, 0.15) is 10.4 Å². The summed E-state index contributed by atoms with van der Waals surface area (Å²) in [6.07, 6.45) is 0. The molecule has 0 heterocycles. The van der Waals surface area contributed by atoms with E-state index in [0.29, 0.717) is 0 Å². The lowest BCUT2D eigenvalue weighted by atomic mass is 9.95. The van der Waals surface area contributed by atoms with Crippen LogP contribution in [0.5, 0.6) is 46.0 Å². The molecule has 0 aliphatic rings. The van der Waals surface area contributed by atoms with Gasteiger partial charge in [-0.05, 0) is 66.7 Å². The zero-order chi connectivity index (χ0) is 58.2. The van der Waals surface area contributed by atoms with Gasteiger partial charge in [-0.2, -0.15) is 26.3 Å². The van der Waals surface area contributed by atoms with Gasteiger partial charge in [-0.3, -0.25) is 0 Å². The fraction of sp³-hybridized carbons (Fsp3) is 0.0392. The zero-order valence-electron chi connectivity index (χ0n) is 38.4. The number of halogens is 20. The molecule has 0 aliphatic carbocycles. The van der Waals surface area contributed by atoms with E-state index in [0.717, 1.165) is 11.5 Å². The zero-order valence-corrected chi connectivity index (χ0v) is 39.2. The van der Waals surface area contributed by atoms with Gasteiger partial charge in [0, 0.05) is 11.1 Å². The molecule has 0 unspecified atom stereocenters. The smallest absolute Gasteiger partial charge is 0.213 e. The van der Waals surface area contributed by atoms with Crippen molar-refractivity contribution >= 4 is 16.9 Å². The van der Waals surface area contributed by atoms with Crippen molar-refractivity contribution in [1.29, 1.82) is 0 Å². The summed E-state index contributed by atoms with van der Waals surface area (Å²) in [5, 5.41) is 12.3. The molecule has 7 nitrogen and oxygen atoms in total. The summed E-state index contributed by atoms with van der Waals surface area (Å²) >= 11 is 0. The molecule has 28 heteroatoms. The Kier molecular flexibility index (Phi) is 16.9. The topological polar surface area (TPSA) is 86.3 Å². The summed E-state index contributed by atoms with van der Waals surface area (Å²) in [5.41, 5.74) is -7.70. The van der Waals surface area contributed by atoms with E-state index in [1.165, 1.54) is 14.7 Å². The van der Waals surface area contributed by atoms with Gasteiger partial charge in [-0.25, -0.2) is 61.5 Å². The molecule has 0 saturated heterocycles. The van der Waals surface area contributed by atoms with Gasteiger partial charge in [-0.15, -0.1) is 0 Å². The van der Waals surface area contributed by atoms with Crippen LogP contribution in [0.15, 0.2) is 99.6 Å². The molecule has 0 saturated carbocycles. The Morgan fingerprint density at radius 2 is 0.633 bits per heavy atom. The average Bonchev–Trinajstić information content (AvgIpc) is 3.64. The Bertz CT molecular complexity index is 3560. The summed E-state index contributed by atoms with van der Waals surface area (Å²) in [5.74, 6) is -79.5. The van der Waals surface area contributed by atoms with Crippen molar-refractivity contribution in [2.45, 2.75) is 14.7 Å². The molecule has 0 bridgehead atoms. The van der Waals surface area contributed by atoms with Crippen LogP contribution >= 0.6 is 0 Å². The molecule has 0 radical (unpaired) electrons. The number of carboxylic acid groups (broad SMARTS) is 1. The second-order valence-electron chi connectivity index (χ2n) is 15.2. The van der Waals surface area contributed by atoms with E-state index >= 15 is 8.78 Å². The van der Waals surface area contributed by atoms with E-state index in [-0.39, 0.29) is 10.9 Å². The SMILES string of the molecule is COc1ccc([S+](c2ccccc2)c2ccc(OC)cc2)cc1.O=C([O-])c1cc(Oc2c(F)c(F)c(F)c(F)c2F)c(Oc2c(F)c(F)c(F)c(F)c2F)c(Oc2c(F)c(F)c(F)c(F)c2F)c1-c1c(F)c(F)c(F)c(F)c1F. The molecule has 0 fully saturated rings. The number of ether oxygens (including phenoxy) is 5. The van der Waals surface area contributed by atoms with Crippen molar-refractivity contribution in [1.82, 2.24) is 0 Å². The largest absolute Gasteiger partial charge is 0.545 e. The van der Waals surface area contributed by atoms with Gasteiger partial charge in [0.1, 0.15) is 11.5 Å². The lowest BCUT2D eigenvalue weighted by Gasteiger charge is -2.24. The first-order valence-electron chi connectivity index (χ1n) is 20.9. The van der Waals surface area contributed by atoms with Gasteiger partial charge in [-0.1, -0.05) is 18.2 Å². The first kappa shape index (κ1) is 57.9. The Hall–Kier alpha value is -8.82. The number of hydrogen-bond acceptors (Lipinski definition) is 7. The molecular formula is C51H20F20O7S. The minimum Gasteiger partial charge on any atom is -0.545 e. The molecule has 0 aliphatic heterocycles. The second-order valence-corrected chi connectivity index (χ2v) is 17.2. The van der Waals surface area contributed by atoms with Crippen LogP contribution in [0, 0.1) is 116 Å². The number of aromatic carboxylic acids is 1. The molecule has 0 spiro atoms. The van der Waals surface area contributed by atoms with Crippen LogP contribution in [0.4, 0.5) is 87.8 Å². The van der Waals surface area contributed by atoms with Crippen molar-refractivity contribution in [2.75, 3.05) is 14.2 Å².